The van der Waals surface area contributed by atoms with Crippen LogP contribution in [0.4, 0.5) is 5.69 Å². The zero-order valence-corrected chi connectivity index (χ0v) is 17.3. The zero-order chi connectivity index (χ0) is 21.6. The summed E-state index contributed by atoms with van der Waals surface area (Å²) in [6, 6.07) is 11.3. The van der Waals surface area contributed by atoms with Gasteiger partial charge in [0.15, 0.2) is 0 Å². The number of hydrogen-bond acceptors (Lipinski definition) is 5. The van der Waals surface area contributed by atoms with Gasteiger partial charge >= 0.3 is 0 Å². The molecule has 8 nitrogen and oxygen atoms in total. The van der Waals surface area contributed by atoms with Crippen LogP contribution in [0.1, 0.15) is 15.9 Å². The van der Waals surface area contributed by atoms with Crippen LogP contribution in [-0.2, 0) is 23.6 Å². The summed E-state index contributed by atoms with van der Waals surface area (Å²) >= 11 is 0. The number of nitrogens with one attached hydrogen (secondary N) is 1. The molecule has 0 atom stereocenters. The lowest BCUT2D eigenvalue weighted by Crippen LogP contribution is -2.26. The van der Waals surface area contributed by atoms with E-state index in [1.165, 1.54) is 4.90 Å². The summed E-state index contributed by atoms with van der Waals surface area (Å²) in [4.78, 5) is 14.6. The van der Waals surface area contributed by atoms with E-state index >= 15 is 0 Å². The third-order valence-corrected chi connectivity index (χ3v) is 5.65. The summed E-state index contributed by atoms with van der Waals surface area (Å²) in [5.41, 5.74) is 4.15. The molecule has 1 N–H and O–H groups in total. The van der Waals surface area contributed by atoms with Crippen LogP contribution in [0, 0.1) is 11.3 Å². The molecular weight excluding hydrogens is 402 g/mol. The molecule has 4 rings (SSSR count). The van der Waals surface area contributed by atoms with Crippen LogP contribution in [0.3, 0.4) is 0 Å². The third-order valence-electron chi connectivity index (χ3n) is 5.06. The Balaban J connectivity index is 1.88. The van der Waals surface area contributed by atoms with E-state index in [1.807, 2.05) is 31.3 Å². The molecule has 1 aromatic heterocycles. The second-order valence-corrected chi connectivity index (χ2v) is 9.06. The number of carbonyl (C=O) groups excluding carboxylic acids is 1. The molecule has 1 aliphatic heterocycles. The summed E-state index contributed by atoms with van der Waals surface area (Å²) in [5.74, 6) is -0.337. The Bertz CT molecular complexity index is 1370. The molecule has 0 radical (unpaired) electrons. The van der Waals surface area contributed by atoms with Gasteiger partial charge in [0.25, 0.3) is 5.91 Å². The molecule has 2 aromatic carbocycles. The number of fused-ring (bicyclic) bond motifs is 2. The molecule has 0 saturated heterocycles. The summed E-state index contributed by atoms with van der Waals surface area (Å²) in [7, 11) is -1.72. The summed E-state index contributed by atoms with van der Waals surface area (Å²) in [6.45, 7) is 4.00. The van der Waals surface area contributed by atoms with Gasteiger partial charge in [0.1, 0.15) is 0 Å². The van der Waals surface area contributed by atoms with Gasteiger partial charge in [0.05, 0.1) is 41.8 Å². The molecule has 9 heteroatoms. The molecular formula is C21H19N5O3S. The van der Waals surface area contributed by atoms with E-state index in [0.717, 1.165) is 28.3 Å². The maximum absolute atomic E-state index is 13.1. The minimum atomic E-state index is -3.57. The average Bonchev–Trinajstić information content (AvgIpc) is 3.21. The Morgan fingerprint density at radius 1 is 1.33 bits per heavy atom. The van der Waals surface area contributed by atoms with E-state index in [9.17, 15) is 13.2 Å². The fourth-order valence-electron chi connectivity index (χ4n) is 3.74. The quantitative estimate of drug-likeness (QED) is 0.637. The molecule has 0 aliphatic carbocycles. The highest BCUT2D eigenvalue weighted by molar-refractivity contribution is 7.92. The van der Waals surface area contributed by atoms with Crippen molar-refractivity contribution < 1.29 is 13.2 Å². The summed E-state index contributed by atoms with van der Waals surface area (Å²) < 4.78 is 27.8. The molecule has 0 saturated carbocycles. The number of benzene rings is 2. The number of nitrogens with zero attached hydrogens (tertiary/aromatic N) is 4. The number of nitriles is 1. The average molecular weight is 421 g/mol. The highest BCUT2D eigenvalue weighted by Gasteiger charge is 2.33. The van der Waals surface area contributed by atoms with E-state index in [4.69, 9.17) is 5.26 Å². The topological polar surface area (TPSA) is 108 Å². The molecule has 152 valence electrons. The SMILES string of the molecule is C=C(C#N)CN1Cc2c(-c3ccc4cnn(C)c4c3)ccc(NS(C)(=O)=O)c2C1=O. The molecule has 3 aromatic rings. The van der Waals surface area contributed by atoms with Gasteiger partial charge in [-0.1, -0.05) is 24.8 Å². The molecule has 30 heavy (non-hydrogen) atoms. The van der Waals surface area contributed by atoms with Crippen molar-refractivity contribution >= 4 is 32.5 Å². The van der Waals surface area contributed by atoms with Gasteiger partial charge < -0.3 is 4.90 Å². The summed E-state index contributed by atoms with van der Waals surface area (Å²) in [5, 5.41) is 14.3. The van der Waals surface area contributed by atoms with Crippen LogP contribution in [0.2, 0.25) is 0 Å². The first-order valence-electron chi connectivity index (χ1n) is 9.11. The lowest BCUT2D eigenvalue weighted by molar-refractivity contribution is 0.0794. The normalized spacial score (nSPS) is 13.4. The number of anilines is 1. The maximum atomic E-state index is 13.1. The Kier molecular flexibility index (Phi) is 4.59. The minimum Gasteiger partial charge on any atom is -0.329 e. The lowest BCUT2D eigenvalue weighted by Gasteiger charge is -2.14. The molecule has 1 amide bonds. The third kappa shape index (κ3) is 3.42. The number of sulfonamides is 1. The zero-order valence-electron chi connectivity index (χ0n) is 16.5. The van der Waals surface area contributed by atoms with Gasteiger partial charge in [-0.15, -0.1) is 0 Å². The van der Waals surface area contributed by atoms with E-state index in [2.05, 4.69) is 16.4 Å². The van der Waals surface area contributed by atoms with Crippen LogP contribution in [-0.4, -0.2) is 41.8 Å². The van der Waals surface area contributed by atoms with Gasteiger partial charge in [-0.3, -0.25) is 14.2 Å². The standard InChI is InChI=1S/C21H19N5O3S/c1-13(9-22)11-26-12-17-16(14-4-5-15-10-23-25(2)19(15)8-14)6-7-18(20(17)21(26)27)24-30(3,28)29/h4-8,10,24H,1,11-12H2,2-3H3. The lowest BCUT2D eigenvalue weighted by atomic mass is 9.95. The van der Waals surface area contributed by atoms with Gasteiger partial charge in [-0.05, 0) is 28.8 Å². The van der Waals surface area contributed by atoms with Crippen molar-refractivity contribution in [3.8, 4) is 17.2 Å². The number of amides is 1. The number of aryl methyl sites for hydroxylation is 1. The van der Waals surface area contributed by atoms with Gasteiger partial charge in [0.2, 0.25) is 10.0 Å². The largest absolute Gasteiger partial charge is 0.329 e. The first-order chi connectivity index (χ1) is 14.2. The van der Waals surface area contributed by atoms with Crippen LogP contribution >= 0.6 is 0 Å². The van der Waals surface area contributed by atoms with Crippen molar-refractivity contribution in [1.29, 1.82) is 5.26 Å². The van der Waals surface area contributed by atoms with Gasteiger partial charge in [-0.2, -0.15) is 10.4 Å². The van der Waals surface area contributed by atoms with E-state index in [1.54, 1.807) is 23.0 Å². The molecule has 2 heterocycles. The Labute approximate surface area is 174 Å². The predicted octanol–water partition coefficient (Wildman–Crippen LogP) is 2.65. The fourth-order valence-corrected chi connectivity index (χ4v) is 4.31. The first-order valence-corrected chi connectivity index (χ1v) is 11.0. The number of hydrogen-bond donors (Lipinski definition) is 1. The van der Waals surface area contributed by atoms with Crippen LogP contribution in [0.15, 0.2) is 48.7 Å². The van der Waals surface area contributed by atoms with Crippen molar-refractivity contribution in [2.45, 2.75) is 6.54 Å². The maximum Gasteiger partial charge on any atom is 0.256 e. The summed E-state index contributed by atoms with van der Waals surface area (Å²) in [6.07, 6.45) is 2.82. The van der Waals surface area contributed by atoms with Crippen molar-refractivity contribution in [2.75, 3.05) is 17.5 Å². The van der Waals surface area contributed by atoms with Crippen LogP contribution in [0.5, 0.6) is 0 Å². The highest BCUT2D eigenvalue weighted by Crippen LogP contribution is 2.38. The van der Waals surface area contributed by atoms with Crippen molar-refractivity contribution in [3.63, 3.8) is 0 Å². The second kappa shape index (κ2) is 7.00. The predicted molar refractivity (Wildman–Crippen MR) is 114 cm³/mol. The molecule has 1 aliphatic rings. The van der Waals surface area contributed by atoms with E-state index < -0.39 is 10.0 Å². The Hall–Kier alpha value is -3.64. The molecule has 0 fully saturated rings. The van der Waals surface area contributed by atoms with E-state index in [-0.39, 0.29) is 30.3 Å². The van der Waals surface area contributed by atoms with Gasteiger partial charge in [-0.25, -0.2) is 8.42 Å². The second-order valence-electron chi connectivity index (χ2n) is 7.31. The number of rotatable bonds is 5. The van der Waals surface area contributed by atoms with Crippen molar-refractivity contribution in [3.05, 3.63) is 59.8 Å². The molecule has 0 unspecified atom stereocenters. The molecule has 0 spiro atoms. The monoisotopic (exact) mass is 421 g/mol. The minimum absolute atomic E-state index is 0.0858. The fraction of sp³-hybridized carbons (Fsp3) is 0.190. The van der Waals surface area contributed by atoms with Crippen LogP contribution < -0.4 is 4.72 Å². The van der Waals surface area contributed by atoms with Crippen molar-refractivity contribution in [2.24, 2.45) is 7.05 Å². The smallest absolute Gasteiger partial charge is 0.256 e. The van der Waals surface area contributed by atoms with Crippen molar-refractivity contribution in [1.82, 2.24) is 14.7 Å². The van der Waals surface area contributed by atoms with E-state index in [0.29, 0.717) is 11.1 Å². The number of carbonyl (C=O) groups is 1. The highest BCUT2D eigenvalue weighted by atomic mass is 32.2. The Morgan fingerprint density at radius 2 is 2.10 bits per heavy atom. The van der Waals surface area contributed by atoms with Gasteiger partial charge in [0, 0.05) is 24.6 Å². The Morgan fingerprint density at radius 3 is 2.80 bits per heavy atom. The first kappa shape index (κ1) is 19.7. The number of aromatic nitrogens is 2. The molecule has 0 bridgehead atoms. The van der Waals surface area contributed by atoms with Crippen LogP contribution in [0.25, 0.3) is 22.0 Å².